The normalized spacial score (nSPS) is 15.8. The number of rotatable bonds is 9. The van der Waals surface area contributed by atoms with Gasteiger partial charge in [-0.25, -0.2) is 4.79 Å². The van der Waals surface area contributed by atoms with Crippen LogP contribution in [0.15, 0.2) is 41.3 Å². The Morgan fingerprint density at radius 1 is 1.18 bits per heavy atom. The van der Waals surface area contributed by atoms with Gasteiger partial charge in [-0.15, -0.1) is 0 Å². The molecule has 2 amide bonds. The number of hydrogen-bond acceptors (Lipinski definition) is 6. The molecule has 3 rings (SSSR count). The third-order valence-electron chi connectivity index (χ3n) is 5.04. The van der Waals surface area contributed by atoms with Crippen molar-refractivity contribution in [2.75, 3.05) is 26.8 Å². The number of hydrogen-bond donors (Lipinski definition) is 1. The van der Waals surface area contributed by atoms with Gasteiger partial charge in [-0.05, 0) is 55.7 Å². The molecule has 1 fully saturated rings. The Bertz CT molecular complexity index is 1090. The van der Waals surface area contributed by atoms with Gasteiger partial charge < -0.3 is 23.9 Å². The second-order valence-corrected chi connectivity index (χ2v) is 9.81. The van der Waals surface area contributed by atoms with Crippen molar-refractivity contribution in [1.82, 2.24) is 10.2 Å². The number of urea groups is 1. The summed E-state index contributed by atoms with van der Waals surface area (Å²) in [7, 11) is -2.80. The Kier molecular flexibility index (Phi) is 8.69. The Hall–Kier alpha value is -2.20. The fraction of sp³-hybridized carbons (Fsp3) is 0.409. The minimum atomic E-state index is -4.21. The maximum absolute atomic E-state index is 12.8. The summed E-state index contributed by atoms with van der Waals surface area (Å²) >= 11 is 11.8. The number of benzene rings is 2. The van der Waals surface area contributed by atoms with E-state index in [1.165, 1.54) is 31.4 Å². The van der Waals surface area contributed by atoms with E-state index in [9.17, 15) is 13.2 Å². The van der Waals surface area contributed by atoms with Crippen LogP contribution in [0.25, 0.3) is 0 Å². The molecule has 1 aliphatic rings. The average Bonchev–Trinajstić information content (AvgIpc) is 3.28. The topological polar surface area (TPSA) is 94.2 Å². The monoisotopic (exact) mass is 516 g/mol. The van der Waals surface area contributed by atoms with Crippen molar-refractivity contribution >= 4 is 39.4 Å². The number of carbonyl (C=O) groups excluding carboxylic acids is 1. The summed E-state index contributed by atoms with van der Waals surface area (Å²) < 4.78 is 42.0. The molecule has 1 atom stereocenters. The van der Waals surface area contributed by atoms with Gasteiger partial charge in [0.15, 0.2) is 11.5 Å². The quantitative estimate of drug-likeness (QED) is 0.493. The second-order valence-electron chi connectivity index (χ2n) is 7.45. The van der Waals surface area contributed by atoms with Crippen LogP contribution < -0.4 is 14.2 Å². The third kappa shape index (κ3) is 6.66. The molecule has 2 aromatic carbocycles. The first kappa shape index (κ1) is 25.4. The van der Waals surface area contributed by atoms with Crippen LogP contribution >= 0.6 is 23.2 Å². The SMILES string of the molecule is CCNC(=O)N(Cc1ccc(OC)c(OS(=O)(=O)c2ccc(Cl)c(Cl)c2)c1)C[C@H]1CCCO1. The molecule has 0 radical (unpaired) electrons. The number of methoxy groups -OCH3 is 1. The molecule has 0 aromatic heterocycles. The molecule has 11 heteroatoms. The highest BCUT2D eigenvalue weighted by molar-refractivity contribution is 7.87. The standard InChI is InChI=1S/C22H26Cl2N2O6S/c1-3-25-22(27)26(14-16-5-4-10-31-16)13-15-6-9-20(30-2)21(11-15)32-33(28,29)17-7-8-18(23)19(24)12-17/h6-9,11-12,16H,3-5,10,13-14H2,1-2H3,(H,25,27)/t16-/m1/s1. The molecule has 180 valence electrons. The van der Waals surface area contributed by atoms with E-state index in [0.29, 0.717) is 25.3 Å². The fourth-order valence-electron chi connectivity index (χ4n) is 3.42. The zero-order chi connectivity index (χ0) is 24.0. The Morgan fingerprint density at radius 3 is 2.61 bits per heavy atom. The number of nitrogens with zero attached hydrogens (tertiary/aromatic N) is 1. The molecule has 1 aliphatic heterocycles. The minimum absolute atomic E-state index is 0.00552. The summed E-state index contributed by atoms with van der Waals surface area (Å²) in [5.74, 6) is 0.222. The molecule has 2 aromatic rings. The second kappa shape index (κ2) is 11.3. The molecule has 33 heavy (non-hydrogen) atoms. The minimum Gasteiger partial charge on any atom is -0.493 e. The van der Waals surface area contributed by atoms with Crippen LogP contribution in [0.4, 0.5) is 4.79 Å². The van der Waals surface area contributed by atoms with Crippen molar-refractivity contribution in [2.24, 2.45) is 0 Å². The largest absolute Gasteiger partial charge is 0.493 e. The summed E-state index contributed by atoms with van der Waals surface area (Å²) in [6, 6.07) is 8.55. The van der Waals surface area contributed by atoms with Gasteiger partial charge in [0.1, 0.15) is 4.90 Å². The Labute approximate surface area is 203 Å². The van der Waals surface area contributed by atoms with Crippen molar-refractivity contribution in [1.29, 1.82) is 0 Å². The van der Waals surface area contributed by atoms with E-state index in [-0.39, 0.29) is 45.1 Å². The van der Waals surface area contributed by atoms with E-state index in [0.717, 1.165) is 12.8 Å². The van der Waals surface area contributed by atoms with Crippen molar-refractivity contribution in [2.45, 2.75) is 37.3 Å². The van der Waals surface area contributed by atoms with Crippen LogP contribution in [0.2, 0.25) is 10.0 Å². The highest BCUT2D eigenvalue weighted by Gasteiger charge is 2.24. The lowest BCUT2D eigenvalue weighted by Gasteiger charge is -2.26. The lowest BCUT2D eigenvalue weighted by molar-refractivity contribution is 0.0795. The van der Waals surface area contributed by atoms with E-state index in [2.05, 4.69) is 5.32 Å². The average molecular weight is 517 g/mol. The molecule has 8 nitrogen and oxygen atoms in total. The van der Waals surface area contributed by atoms with E-state index < -0.39 is 10.1 Å². The van der Waals surface area contributed by atoms with Crippen LogP contribution in [-0.2, 0) is 21.4 Å². The first-order valence-electron chi connectivity index (χ1n) is 10.4. The van der Waals surface area contributed by atoms with Crippen LogP contribution in [0, 0.1) is 0 Å². The summed E-state index contributed by atoms with van der Waals surface area (Å²) in [6.07, 6.45) is 1.81. The van der Waals surface area contributed by atoms with Crippen molar-refractivity contribution in [3.8, 4) is 11.5 Å². The summed E-state index contributed by atoms with van der Waals surface area (Å²) in [5.41, 5.74) is 0.666. The maximum Gasteiger partial charge on any atom is 0.339 e. The number of nitrogens with one attached hydrogen (secondary N) is 1. The third-order valence-corrected chi connectivity index (χ3v) is 7.01. The number of carbonyl (C=O) groups is 1. The Balaban J connectivity index is 1.85. The highest BCUT2D eigenvalue weighted by atomic mass is 35.5. The molecule has 1 heterocycles. The van der Waals surface area contributed by atoms with Gasteiger partial charge in [0, 0.05) is 26.2 Å². The van der Waals surface area contributed by atoms with Gasteiger partial charge in [-0.2, -0.15) is 8.42 Å². The molecule has 0 saturated carbocycles. The molecule has 0 spiro atoms. The Morgan fingerprint density at radius 2 is 1.97 bits per heavy atom. The van der Waals surface area contributed by atoms with Gasteiger partial charge in [-0.3, -0.25) is 0 Å². The van der Waals surface area contributed by atoms with Gasteiger partial charge >= 0.3 is 16.1 Å². The van der Waals surface area contributed by atoms with Crippen molar-refractivity contribution in [3.05, 3.63) is 52.0 Å². The molecule has 0 bridgehead atoms. The van der Waals surface area contributed by atoms with E-state index in [1.807, 2.05) is 6.92 Å². The smallest absolute Gasteiger partial charge is 0.339 e. The van der Waals surface area contributed by atoms with Crippen molar-refractivity contribution < 1.29 is 26.9 Å². The van der Waals surface area contributed by atoms with Crippen LogP contribution in [0.3, 0.4) is 0 Å². The molecular formula is C22H26Cl2N2O6S. The number of ether oxygens (including phenoxy) is 2. The van der Waals surface area contributed by atoms with Crippen molar-refractivity contribution in [3.63, 3.8) is 0 Å². The number of halogens is 2. The van der Waals surface area contributed by atoms with Gasteiger partial charge in [-0.1, -0.05) is 29.3 Å². The van der Waals surface area contributed by atoms with E-state index >= 15 is 0 Å². The summed E-state index contributed by atoms with van der Waals surface area (Å²) in [4.78, 5) is 14.1. The number of amides is 2. The predicted octanol–water partition coefficient (Wildman–Crippen LogP) is 4.48. The molecule has 1 N–H and O–H groups in total. The van der Waals surface area contributed by atoms with Gasteiger partial charge in [0.2, 0.25) is 0 Å². The first-order chi connectivity index (χ1) is 15.7. The maximum atomic E-state index is 12.8. The molecule has 1 saturated heterocycles. The zero-order valence-electron chi connectivity index (χ0n) is 18.3. The summed E-state index contributed by atoms with van der Waals surface area (Å²) in [5, 5.41) is 3.12. The van der Waals surface area contributed by atoms with Crippen LogP contribution in [0.5, 0.6) is 11.5 Å². The van der Waals surface area contributed by atoms with Crippen LogP contribution in [0.1, 0.15) is 25.3 Å². The lowest BCUT2D eigenvalue weighted by atomic mass is 10.1. The zero-order valence-corrected chi connectivity index (χ0v) is 20.7. The van der Waals surface area contributed by atoms with E-state index in [4.69, 9.17) is 36.9 Å². The molecule has 0 aliphatic carbocycles. The summed E-state index contributed by atoms with van der Waals surface area (Å²) in [6.45, 7) is 3.67. The van der Waals surface area contributed by atoms with Crippen LogP contribution in [-0.4, -0.2) is 52.3 Å². The molecule has 0 unspecified atom stereocenters. The lowest BCUT2D eigenvalue weighted by Crippen LogP contribution is -2.43. The predicted molar refractivity (Wildman–Crippen MR) is 126 cm³/mol. The molecular weight excluding hydrogens is 491 g/mol. The van der Waals surface area contributed by atoms with Gasteiger partial charge in [0.05, 0.1) is 23.3 Å². The first-order valence-corrected chi connectivity index (χ1v) is 12.6. The fourth-order valence-corrected chi connectivity index (χ4v) is 4.74. The van der Waals surface area contributed by atoms with Gasteiger partial charge in [0.25, 0.3) is 0 Å². The highest BCUT2D eigenvalue weighted by Crippen LogP contribution is 2.33. The van der Waals surface area contributed by atoms with E-state index in [1.54, 1.807) is 17.0 Å².